The predicted octanol–water partition coefficient (Wildman–Crippen LogP) is 3.92. The summed E-state index contributed by atoms with van der Waals surface area (Å²) in [7, 11) is 0. The van der Waals surface area contributed by atoms with Crippen LogP contribution in [-0.4, -0.2) is 12.5 Å². The third kappa shape index (κ3) is 11.5. The summed E-state index contributed by atoms with van der Waals surface area (Å²) in [6, 6.07) is 0. The van der Waals surface area contributed by atoms with Gasteiger partial charge in [0.15, 0.2) is 0 Å². The van der Waals surface area contributed by atoms with Crippen molar-refractivity contribution in [3.63, 3.8) is 0 Å². The number of amides is 1. The molecule has 2 heteroatoms. The van der Waals surface area contributed by atoms with Gasteiger partial charge in [0.2, 0.25) is 5.91 Å². The summed E-state index contributed by atoms with van der Waals surface area (Å²) in [4.78, 5) is 11.6. The van der Waals surface area contributed by atoms with Crippen LogP contribution >= 0.6 is 0 Å². The molecule has 0 radical (unpaired) electrons. The van der Waals surface area contributed by atoms with Crippen molar-refractivity contribution >= 4 is 5.91 Å². The van der Waals surface area contributed by atoms with Gasteiger partial charge in [0, 0.05) is 13.0 Å². The minimum absolute atomic E-state index is 0.198. The monoisotopic (exact) mass is 239 g/mol. The molecule has 0 aliphatic heterocycles. The van der Waals surface area contributed by atoms with Crippen LogP contribution in [0.1, 0.15) is 59.8 Å². The molecule has 0 aromatic rings. The minimum Gasteiger partial charge on any atom is -0.356 e. The normalized spacial score (nSPS) is 13.2. The molecular weight excluding hydrogens is 210 g/mol. The second-order valence-corrected chi connectivity index (χ2v) is 5.34. The molecule has 2 nitrogen and oxygen atoms in total. The van der Waals surface area contributed by atoms with Crippen LogP contribution in [0.2, 0.25) is 0 Å². The molecule has 0 heterocycles. The van der Waals surface area contributed by atoms with Crippen LogP contribution in [0.25, 0.3) is 0 Å². The molecule has 0 aliphatic rings. The average molecular weight is 239 g/mol. The van der Waals surface area contributed by atoms with E-state index >= 15 is 0 Å². The highest BCUT2D eigenvalue weighted by Gasteiger charge is 2.08. The first-order valence-corrected chi connectivity index (χ1v) is 6.97. The smallest absolute Gasteiger partial charge is 0.220 e. The minimum atomic E-state index is 0.198. The van der Waals surface area contributed by atoms with E-state index < -0.39 is 0 Å². The van der Waals surface area contributed by atoms with E-state index in [-0.39, 0.29) is 5.91 Å². The Morgan fingerprint density at radius 1 is 1.18 bits per heavy atom. The summed E-state index contributed by atoms with van der Waals surface area (Å²) in [5.41, 5.74) is 0. The van der Waals surface area contributed by atoms with Crippen LogP contribution in [-0.2, 0) is 4.79 Å². The van der Waals surface area contributed by atoms with Gasteiger partial charge in [-0.2, -0.15) is 0 Å². The van der Waals surface area contributed by atoms with E-state index in [0.29, 0.717) is 18.3 Å². The topological polar surface area (TPSA) is 29.1 Å². The highest BCUT2D eigenvalue weighted by molar-refractivity contribution is 5.76. The molecule has 1 N–H and O–H groups in total. The quantitative estimate of drug-likeness (QED) is 0.607. The average Bonchev–Trinajstić information content (AvgIpc) is 2.26. The third-order valence-electron chi connectivity index (χ3n) is 2.69. The maximum atomic E-state index is 11.6. The Labute approximate surface area is 107 Å². The molecule has 1 unspecified atom stereocenters. The van der Waals surface area contributed by atoms with E-state index in [2.05, 4.69) is 45.2 Å². The number of hydrogen-bond acceptors (Lipinski definition) is 1. The van der Waals surface area contributed by atoms with Crippen LogP contribution < -0.4 is 5.32 Å². The second-order valence-electron chi connectivity index (χ2n) is 5.34. The van der Waals surface area contributed by atoms with Crippen molar-refractivity contribution in [1.29, 1.82) is 0 Å². The van der Waals surface area contributed by atoms with Crippen molar-refractivity contribution in [2.45, 2.75) is 59.8 Å². The summed E-state index contributed by atoms with van der Waals surface area (Å²) >= 11 is 0. The highest BCUT2D eigenvalue weighted by atomic mass is 16.1. The standard InChI is InChI=1S/C15H29NO/c1-5-6-7-8-9-10-14(4)11-15(17)16-12-13(2)3/h7-8,13-14H,5-6,9-12H2,1-4H3,(H,16,17)/b8-7-. The maximum Gasteiger partial charge on any atom is 0.220 e. The molecule has 0 aromatic carbocycles. The van der Waals surface area contributed by atoms with Crippen molar-refractivity contribution in [2.75, 3.05) is 6.54 Å². The number of carbonyl (C=O) groups is 1. The maximum absolute atomic E-state index is 11.6. The molecule has 1 atom stereocenters. The fourth-order valence-corrected chi connectivity index (χ4v) is 1.59. The molecule has 100 valence electrons. The Bertz CT molecular complexity index is 221. The van der Waals surface area contributed by atoms with Gasteiger partial charge in [-0.15, -0.1) is 0 Å². The molecule has 0 aliphatic carbocycles. The first-order chi connectivity index (χ1) is 8.06. The molecule has 0 aromatic heterocycles. The molecule has 17 heavy (non-hydrogen) atoms. The van der Waals surface area contributed by atoms with Crippen molar-refractivity contribution in [2.24, 2.45) is 11.8 Å². The number of nitrogens with one attached hydrogen (secondary N) is 1. The summed E-state index contributed by atoms with van der Waals surface area (Å²) < 4.78 is 0. The van der Waals surface area contributed by atoms with Gasteiger partial charge in [0.05, 0.1) is 0 Å². The first-order valence-electron chi connectivity index (χ1n) is 6.97. The largest absolute Gasteiger partial charge is 0.356 e. The molecule has 0 spiro atoms. The SMILES string of the molecule is CCC/C=C\CCC(C)CC(=O)NCC(C)C. The molecule has 0 bridgehead atoms. The van der Waals surface area contributed by atoms with Crippen LogP contribution in [0.4, 0.5) is 0 Å². The van der Waals surface area contributed by atoms with Gasteiger partial charge in [-0.25, -0.2) is 0 Å². The van der Waals surface area contributed by atoms with E-state index in [1.165, 1.54) is 12.8 Å². The Hall–Kier alpha value is -0.790. The lowest BCUT2D eigenvalue weighted by molar-refractivity contribution is -0.122. The summed E-state index contributed by atoms with van der Waals surface area (Å²) in [6.07, 6.45) is 9.73. The van der Waals surface area contributed by atoms with Gasteiger partial charge in [-0.05, 0) is 31.1 Å². The van der Waals surface area contributed by atoms with Gasteiger partial charge in [0.25, 0.3) is 0 Å². The summed E-state index contributed by atoms with van der Waals surface area (Å²) in [5.74, 6) is 1.21. The van der Waals surface area contributed by atoms with Gasteiger partial charge >= 0.3 is 0 Å². The van der Waals surface area contributed by atoms with E-state index in [9.17, 15) is 4.79 Å². The molecule has 0 saturated carbocycles. The molecule has 0 fully saturated rings. The van der Waals surface area contributed by atoms with Crippen molar-refractivity contribution in [1.82, 2.24) is 5.32 Å². The van der Waals surface area contributed by atoms with Gasteiger partial charge in [-0.1, -0.05) is 46.3 Å². The van der Waals surface area contributed by atoms with E-state index in [0.717, 1.165) is 19.4 Å². The van der Waals surface area contributed by atoms with E-state index in [1.807, 2.05) is 0 Å². The second kappa shape index (κ2) is 10.4. The lowest BCUT2D eigenvalue weighted by Crippen LogP contribution is -2.28. The zero-order valence-electron chi connectivity index (χ0n) is 12.0. The van der Waals surface area contributed by atoms with E-state index in [4.69, 9.17) is 0 Å². The van der Waals surface area contributed by atoms with Crippen LogP contribution in [0, 0.1) is 11.8 Å². The number of hydrogen-bond donors (Lipinski definition) is 1. The Morgan fingerprint density at radius 2 is 1.82 bits per heavy atom. The Balaban J connectivity index is 3.56. The lowest BCUT2D eigenvalue weighted by Gasteiger charge is -2.11. The van der Waals surface area contributed by atoms with Gasteiger partial charge < -0.3 is 5.32 Å². The number of unbranched alkanes of at least 4 members (excludes halogenated alkanes) is 1. The fourth-order valence-electron chi connectivity index (χ4n) is 1.59. The van der Waals surface area contributed by atoms with Gasteiger partial charge in [0.1, 0.15) is 0 Å². The Kier molecular flexibility index (Phi) is 9.89. The molecule has 1 amide bonds. The number of carbonyl (C=O) groups excluding carboxylic acids is 1. The highest BCUT2D eigenvalue weighted by Crippen LogP contribution is 2.11. The molecular formula is C15H29NO. The molecule has 0 rings (SSSR count). The van der Waals surface area contributed by atoms with Crippen LogP contribution in [0.15, 0.2) is 12.2 Å². The Morgan fingerprint density at radius 3 is 2.41 bits per heavy atom. The summed E-state index contributed by atoms with van der Waals surface area (Å²) in [6.45, 7) is 9.36. The third-order valence-corrected chi connectivity index (χ3v) is 2.69. The van der Waals surface area contributed by atoms with Gasteiger partial charge in [-0.3, -0.25) is 4.79 Å². The first kappa shape index (κ1) is 16.2. The van der Waals surface area contributed by atoms with Crippen LogP contribution in [0.5, 0.6) is 0 Å². The zero-order chi connectivity index (χ0) is 13.1. The van der Waals surface area contributed by atoms with Crippen LogP contribution in [0.3, 0.4) is 0 Å². The van der Waals surface area contributed by atoms with Crippen molar-refractivity contribution < 1.29 is 4.79 Å². The van der Waals surface area contributed by atoms with Crippen molar-refractivity contribution in [3.05, 3.63) is 12.2 Å². The molecule has 0 saturated heterocycles. The number of allylic oxidation sites excluding steroid dienone is 2. The van der Waals surface area contributed by atoms with E-state index in [1.54, 1.807) is 0 Å². The summed E-state index contributed by atoms with van der Waals surface area (Å²) in [5, 5.41) is 2.97. The number of rotatable bonds is 9. The fraction of sp³-hybridized carbons (Fsp3) is 0.800. The zero-order valence-corrected chi connectivity index (χ0v) is 12.0. The lowest BCUT2D eigenvalue weighted by atomic mass is 10.0. The predicted molar refractivity (Wildman–Crippen MR) is 74.9 cm³/mol. The van der Waals surface area contributed by atoms with Crippen molar-refractivity contribution in [3.8, 4) is 0 Å².